The van der Waals surface area contributed by atoms with Crippen molar-refractivity contribution in [3.63, 3.8) is 0 Å². The van der Waals surface area contributed by atoms with Crippen LogP contribution in [0.4, 0.5) is 4.39 Å². The Labute approximate surface area is 136 Å². The van der Waals surface area contributed by atoms with E-state index in [1.165, 1.54) is 49.5 Å². The summed E-state index contributed by atoms with van der Waals surface area (Å²) in [6, 6.07) is 7.44. The number of nitrogens with zero attached hydrogens (tertiary/aromatic N) is 1. The van der Waals surface area contributed by atoms with E-state index < -0.39 is 11.9 Å². The van der Waals surface area contributed by atoms with Crippen LogP contribution in [0.2, 0.25) is 0 Å². The molecule has 2 rings (SSSR count). The molecule has 0 spiro atoms. The van der Waals surface area contributed by atoms with Gasteiger partial charge in [0.15, 0.2) is 0 Å². The van der Waals surface area contributed by atoms with Crippen LogP contribution in [0.25, 0.3) is 0 Å². The standard InChI is InChI=1S/C16H14FNO4S/c1-21-15(19)13-6-7-18-10-14(13)16(20)22-8-9-23-12-4-2-11(17)3-5-12/h2-7,10H,8-9H2,1H3. The summed E-state index contributed by atoms with van der Waals surface area (Å²) in [5.74, 6) is -1.06. The fraction of sp³-hybridized carbons (Fsp3) is 0.188. The van der Waals surface area contributed by atoms with Gasteiger partial charge in [0.05, 0.1) is 18.2 Å². The molecule has 0 unspecified atom stereocenters. The van der Waals surface area contributed by atoms with E-state index in [2.05, 4.69) is 9.72 Å². The van der Waals surface area contributed by atoms with Crippen LogP contribution in [0, 0.1) is 5.82 Å². The number of ether oxygens (including phenoxy) is 2. The Bertz CT molecular complexity index is 691. The first-order valence-corrected chi connectivity index (χ1v) is 7.68. The van der Waals surface area contributed by atoms with Crippen LogP contribution in [0.15, 0.2) is 47.6 Å². The van der Waals surface area contributed by atoms with Crippen LogP contribution in [0.5, 0.6) is 0 Å². The molecule has 1 heterocycles. The Morgan fingerprint density at radius 3 is 2.57 bits per heavy atom. The predicted molar refractivity (Wildman–Crippen MR) is 83.0 cm³/mol. The number of rotatable bonds is 6. The third-order valence-electron chi connectivity index (χ3n) is 2.85. The van der Waals surface area contributed by atoms with Gasteiger partial charge < -0.3 is 9.47 Å². The van der Waals surface area contributed by atoms with Gasteiger partial charge in [-0.15, -0.1) is 11.8 Å². The number of aromatic nitrogens is 1. The van der Waals surface area contributed by atoms with E-state index >= 15 is 0 Å². The third kappa shape index (κ3) is 4.79. The predicted octanol–water partition coefficient (Wildman–Crippen LogP) is 2.96. The second-order valence-corrected chi connectivity index (χ2v) is 5.52. The van der Waals surface area contributed by atoms with Crippen molar-refractivity contribution in [3.8, 4) is 0 Å². The van der Waals surface area contributed by atoms with Crippen molar-refractivity contribution in [1.29, 1.82) is 0 Å². The Kier molecular flexibility index (Phi) is 6.10. The molecule has 0 atom stereocenters. The fourth-order valence-electron chi connectivity index (χ4n) is 1.75. The van der Waals surface area contributed by atoms with E-state index in [9.17, 15) is 14.0 Å². The van der Waals surface area contributed by atoms with E-state index in [4.69, 9.17) is 4.74 Å². The summed E-state index contributed by atoms with van der Waals surface area (Å²) in [6.07, 6.45) is 2.66. The number of carbonyl (C=O) groups excluding carboxylic acids is 2. The van der Waals surface area contributed by atoms with Gasteiger partial charge in [0.25, 0.3) is 0 Å². The van der Waals surface area contributed by atoms with Crippen LogP contribution >= 0.6 is 11.8 Å². The Balaban J connectivity index is 1.88. The van der Waals surface area contributed by atoms with Gasteiger partial charge in [0.1, 0.15) is 12.4 Å². The first-order valence-electron chi connectivity index (χ1n) is 6.69. The number of thioether (sulfide) groups is 1. The molecule has 0 fully saturated rings. The second-order valence-electron chi connectivity index (χ2n) is 4.35. The summed E-state index contributed by atoms with van der Waals surface area (Å²) in [5, 5.41) is 0. The third-order valence-corrected chi connectivity index (χ3v) is 3.82. The minimum absolute atomic E-state index is 0.0612. The number of hydrogen-bond acceptors (Lipinski definition) is 6. The molecule has 0 amide bonds. The smallest absolute Gasteiger partial charge is 0.340 e. The van der Waals surface area contributed by atoms with E-state index in [-0.39, 0.29) is 23.6 Å². The first-order chi connectivity index (χ1) is 11.1. The van der Waals surface area contributed by atoms with Gasteiger partial charge in [-0.3, -0.25) is 4.98 Å². The molecule has 23 heavy (non-hydrogen) atoms. The zero-order valence-corrected chi connectivity index (χ0v) is 13.1. The normalized spacial score (nSPS) is 10.2. The van der Waals surface area contributed by atoms with Gasteiger partial charge in [0, 0.05) is 23.0 Å². The number of esters is 2. The molecule has 0 aliphatic carbocycles. The lowest BCUT2D eigenvalue weighted by atomic mass is 10.1. The lowest BCUT2D eigenvalue weighted by Gasteiger charge is -2.08. The molecule has 120 valence electrons. The zero-order valence-electron chi connectivity index (χ0n) is 12.3. The van der Waals surface area contributed by atoms with Gasteiger partial charge in [-0.2, -0.15) is 0 Å². The molecule has 0 saturated carbocycles. The van der Waals surface area contributed by atoms with Crippen molar-refractivity contribution in [2.45, 2.75) is 4.90 Å². The molecule has 0 aliphatic rings. The SMILES string of the molecule is COC(=O)c1ccncc1C(=O)OCCSc1ccc(F)cc1. The summed E-state index contributed by atoms with van der Waals surface area (Å²) in [7, 11) is 1.23. The van der Waals surface area contributed by atoms with Crippen molar-refractivity contribution >= 4 is 23.7 Å². The van der Waals surface area contributed by atoms with E-state index in [1.807, 2.05) is 0 Å². The largest absolute Gasteiger partial charge is 0.465 e. The molecule has 0 radical (unpaired) electrons. The lowest BCUT2D eigenvalue weighted by molar-refractivity contribution is 0.0506. The van der Waals surface area contributed by atoms with Crippen molar-refractivity contribution in [3.05, 3.63) is 59.7 Å². The van der Waals surface area contributed by atoms with Crippen LogP contribution in [-0.2, 0) is 9.47 Å². The Morgan fingerprint density at radius 2 is 1.87 bits per heavy atom. The number of carbonyl (C=O) groups is 2. The van der Waals surface area contributed by atoms with Gasteiger partial charge in [-0.1, -0.05) is 0 Å². The summed E-state index contributed by atoms with van der Waals surface area (Å²) < 4.78 is 22.5. The number of methoxy groups -OCH3 is 1. The molecular weight excluding hydrogens is 321 g/mol. The number of halogens is 1. The monoisotopic (exact) mass is 335 g/mol. The molecule has 0 N–H and O–H groups in total. The van der Waals surface area contributed by atoms with Crippen molar-refractivity contribution < 1.29 is 23.5 Å². The topological polar surface area (TPSA) is 65.5 Å². The minimum Gasteiger partial charge on any atom is -0.465 e. The highest BCUT2D eigenvalue weighted by Crippen LogP contribution is 2.18. The number of pyridine rings is 1. The second kappa shape index (κ2) is 8.28. The van der Waals surface area contributed by atoms with Gasteiger partial charge in [-0.25, -0.2) is 14.0 Å². The van der Waals surface area contributed by atoms with E-state index in [0.717, 1.165) is 4.90 Å². The summed E-state index contributed by atoms with van der Waals surface area (Å²) in [4.78, 5) is 28.3. The van der Waals surface area contributed by atoms with E-state index in [0.29, 0.717) is 5.75 Å². The highest BCUT2D eigenvalue weighted by Gasteiger charge is 2.18. The van der Waals surface area contributed by atoms with Crippen LogP contribution in [0.1, 0.15) is 20.7 Å². The summed E-state index contributed by atoms with van der Waals surface area (Å²) in [5.41, 5.74) is 0.171. The molecule has 5 nitrogen and oxygen atoms in total. The maximum Gasteiger partial charge on any atom is 0.340 e. The molecule has 0 aliphatic heterocycles. The molecular formula is C16H14FNO4S. The van der Waals surface area contributed by atoms with Crippen molar-refractivity contribution in [1.82, 2.24) is 4.98 Å². The fourth-order valence-corrected chi connectivity index (χ4v) is 2.48. The van der Waals surface area contributed by atoms with Crippen molar-refractivity contribution in [2.75, 3.05) is 19.5 Å². The average molecular weight is 335 g/mol. The highest BCUT2D eigenvalue weighted by molar-refractivity contribution is 7.99. The van der Waals surface area contributed by atoms with Gasteiger partial charge in [0.2, 0.25) is 0 Å². The minimum atomic E-state index is -0.641. The van der Waals surface area contributed by atoms with Crippen LogP contribution in [0.3, 0.4) is 0 Å². The molecule has 1 aromatic heterocycles. The molecule has 0 bridgehead atoms. The zero-order chi connectivity index (χ0) is 16.7. The maximum absolute atomic E-state index is 12.8. The van der Waals surface area contributed by atoms with Crippen molar-refractivity contribution in [2.24, 2.45) is 0 Å². The van der Waals surface area contributed by atoms with Gasteiger partial charge >= 0.3 is 11.9 Å². The van der Waals surface area contributed by atoms with E-state index in [1.54, 1.807) is 12.1 Å². The van der Waals surface area contributed by atoms with Crippen LogP contribution < -0.4 is 0 Å². The molecule has 7 heteroatoms. The first kappa shape index (κ1) is 17.0. The molecule has 2 aromatic rings. The Hall–Kier alpha value is -2.41. The summed E-state index contributed by atoms with van der Waals surface area (Å²) >= 11 is 1.43. The maximum atomic E-state index is 12.8. The average Bonchev–Trinajstić information content (AvgIpc) is 2.59. The van der Waals surface area contributed by atoms with Crippen LogP contribution in [-0.4, -0.2) is 36.4 Å². The molecule has 0 saturated heterocycles. The Morgan fingerprint density at radius 1 is 1.13 bits per heavy atom. The number of hydrogen-bond donors (Lipinski definition) is 0. The lowest BCUT2D eigenvalue weighted by Crippen LogP contribution is -2.14. The molecule has 1 aromatic carbocycles. The number of benzene rings is 1. The summed E-state index contributed by atoms with van der Waals surface area (Å²) in [6.45, 7) is 0.149. The van der Waals surface area contributed by atoms with Gasteiger partial charge in [-0.05, 0) is 30.3 Å². The quantitative estimate of drug-likeness (QED) is 0.459. The highest BCUT2D eigenvalue weighted by atomic mass is 32.2.